The van der Waals surface area contributed by atoms with Gasteiger partial charge in [-0.25, -0.2) is 9.97 Å². The molecule has 3 rings (SSSR count). The summed E-state index contributed by atoms with van der Waals surface area (Å²) >= 11 is 1.61. The largest absolute Gasteiger partial charge is 0.370 e. The maximum Gasteiger partial charge on any atom is 0.223 e. The highest BCUT2D eigenvalue weighted by Crippen LogP contribution is 2.27. The minimum Gasteiger partial charge on any atom is -0.370 e. The Morgan fingerprint density at radius 2 is 2.29 bits per heavy atom. The van der Waals surface area contributed by atoms with Crippen LogP contribution in [-0.2, 0) is 11.3 Å². The number of carbonyl (C=O) groups excluding carboxylic acids is 1. The number of amides is 1. The standard InChI is InChI=1S/C15H20N4OS/c1-3-10-7-13(20)19(8-10)9-12-17-14(16-4-2)11-5-6-21-15(11)18-12/h5-6,10H,3-4,7-9H2,1-2H3,(H,16,17,18). The van der Waals surface area contributed by atoms with Crippen molar-refractivity contribution in [3.8, 4) is 0 Å². The van der Waals surface area contributed by atoms with Crippen molar-refractivity contribution in [2.75, 3.05) is 18.4 Å². The average Bonchev–Trinajstić information content (AvgIpc) is 3.06. The van der Waals surface area contributed by atoms with Crippen LogP contribution in [0.25, 0.3) is 10.2 Å². The van der Waals surface area contributed by atoms with Gasteiger partial charge < -0.3 is 10.2 Å². The Morgan fingerprint density at radius 1 is 1.43 bits per heavy atom. The topological polar surface area (TPSA) is 58.1 Å². The number of aromatic nitrogens is 2. The maximum absolute atomic E-state index is 12.0. The smallest absolute Gasteiger partial charge is 0.223 e. The number of thiophene rings is 1. The summed E-state index contributed by atoms with van der Waals surface area (Å²) in [4.78, 5) is 24.1. The maximum atomic E-state index is 12.0. The number of nitrogens with one attached hydrogen (secondary N) is 1. The van der Waals surface area contributed by atoms with Gasteiger partial charge in [0.25, 0.3) is 0 Å². The van der Waals surface area contributed by atoms with Crippen LogP contribution in [0.15, 0.2) is 11.4 Å². The van der Waals surface area contributed by atoms with Gasteiger partial charge in [-0.1, -0.05) is 13.3 Å². The molecule has 0 radical (unpaired) electrons. The molecule has 1 aliphatic heterocycles. The number of fused-ring (bicyclic) bond motifs is 1. The van der Waals surface area contributed by atoms with Gasteiger partial charge in [0.05, 0.1) is 11.9 Å². The molecule has 1 aliphatic rings. The third-order valence-corrected chi connectivity index (χ3v) is 4.73. The molecule has 1 saturated heterocycles. The van der Waals surface area contributed by atoms with Gasteiger partial charge in [0.1, 0.15) is 10.6 Å². The van der Waals surface area contributed by atoms with Crippen LogP contribution in [0.2, 0.25) is 0 Å². The minimum atomic E-state index is 0.224. The monoisotopic (exact) mass is 304 g/mol. The van der Waals surface area contributed by atoms with Crippen molar-refractivity contribution < 1.29 is 4.79 Å². The molecule has 2 aromatic rings. The first-order valence-electron chi connectivity index (χ1n) is 7.47. The molecule has 0 spiro atoms. The Balaban J connectivity index is 1.85. The van der Waals surface area contributed by atoms with E-state index in [1.165, 1.54) is 0 Å². The highest BCUT2D eigenvalue weighted by atomic mass is 32.1. The lowest BCUT2D eigenvalue weighted by atomic mass is 10.1. The second-order valence-corrected chi connectivity index (χ2v) is 6.31. The van der Waals surface area contributed by atoms with Crippen molar-refractivity contribution in [3.63, 3.8) is 0 Å². The first kappa shape index (κ1) is 14.3. The van der Waals surface area contributed by atoms with E-state index < -0.39 is 0 Å². The summed E-state index contributed by atoms with van der Waals surface area (Å²) in [6, 6.07) is 2.04. The first-order chi connectivity index (χ1) is 10.2. The van der Waals surface area contributed by atoms with Gasteiger partial charge in [0, 0.05) is 19.5 Å². The number of rotatable bonds is 5. The average molecular weight is 304 g/mol. The zero-order valence-electron chi connectivity index (χ0n) is 12.4. The fraction of sp³-hybridized carbons (Fsp3) is 0.533. The van der Waals surface area contributed by atoms with Crippen molar-refractivity contribution in [3.05, 3.63) is 17.3 Å². The van der Waals surface area contributed by atoms with Crippen molar-refractivity contribution in [1.82, 2.24) is 14.9 Å². The molecule has 1 amide bonds. The van der Waals surface area contributed by atoms with Gasteiger partial charge in [-0.2, -0.15) is 0 Å². The highest BCUT2D eigenvalue weighted by Gasteiger charge is 2.29. The van der Waals surface area contributed by atoms with Crippen molar-refractivity contribution in [2.24, 2.45) is 5.92 Å². The summed E-state index contributed by atoms with van der Waals surface area (Å²) in [6.45, 7) is 6.36. The van der Waals surface area contributed by atoms with Crippen LogP contribution in [0, 0.1) is 5.92 Å². The highest BCUT2D eigenvalue weighted by molar-refractivity contribution is 7.16. The third kappa shape index (κ3) is 2.85. The van der Waals surface area contributed by atoms with Gasteiger partial charge in [-0.3, -0.25) is 4.79 Å². The molecule has 5 nitrogen and oxygen atoms in total. The lowest BCUT2D eigenvalue weighted by molar-refractivity contribution is -0.128. The van der Waals surface area contributed by atoms with Crippen LogP contribution in [0.5, 0.6) is 0 Å². The third-order valence-electron chi connectivity index (χ3n) is 3.92. The summed E-state index contributed by atoms with van der Waals surface area (Å²) in [7, 11) is 0. The van der Waals surface area contributed by atoms with Crippen LogP contribution in [-0.4, -0.2) is 33.9 Å². The molecule has 6 heteroatoms. The van der Waals surface area contributed by atoms with Crippen LogP contribution in [0.1, 0.15) is 32.5 Å². The van der Waals surface area contributed by atoms with Gasteiger partial charge in [0.15, 0.2) is 5.82 Å². The number of nitrogens with zero attached hydrogens (tertiary/aromatic N) is 3. The fourth-order valence-electron chi connectivity index (χ4n) is 2.72. The minimum absolute atomic E-state index is 0.224. The Kier molecular flexibility index (Phi) is 4.05. The van der Waals surface area contributed by atoms with Crippen molar-refractivity contribution in [2.45, 2.75) is 33.2 Å². The first-order valence-corrected chi connectivity index (χ1v) is 8.35. The lowest BCUT2D eigenvalue weighted by Crippen LogP contribution is -2.25. The molecule has 0 aliphatic carbocycles. The molecule has 0 aromatic carbocycles. The van der Waals surface area contributed by atoms with E-state index in [9.17, 15) is 4.79 Å². The zero-order chi connectivity index (χ0) is 14.8. The molecule has 1 atom stereocenters. The normalized spacial score (nSPS) is 18.7. The van der Waals surface area contributed by atoms with Crippen molar-refractivity contribution in [1.29, 1.82) is 0 Å². The Labute approximate surface area is 128 Å². The number of anilines is 1. The van der Waals surface area contributed by atoms with Crippen LogP contribution < -0.4 is 5.32 Å². The predicted octanol–water partition coefficient (Wildman–Crippen LogP) is 2.88. The molecule has 0 saturated carbocycles. The molecule has 1 fully saturated rings. The number of hydrogen-bond donors (Lipinski definition) is 1. The quantitative estimate of drug-likeness (QED) is 0.923. The van der Waals surface area contributed by atoms with Gasteiger partial charge in [0.2, 0.25) is 5.91 Å². The predicted molar refractivity (Wildman–Crippen MR) is 85.4 cm³/mol. The molecule has 1 N–H and O–H groups in total. The number of carbonyl (C=O) groups is 1. The Bertz CT molecular complexity index is 654. The molecular formula is C15H20N4OS. The van der Waals surface area contributed by atoms with E-state index in [1.807, 2.05) is 16.3 Å². The van der Waals surface area contributed by atoms with Gasteiger partial charge in [-0.15, -0.1) is 11.3 Å². The molecule has 112 valence electrons. The SMILES string of the molecule is CCNc1nc(CN2CC(CC)CC2=O)nc2sccc12. The summed E-state index contributed by atoms with van der Waals surface area (Å²) < 4.78 is 0. The van der Waals surface area contributed by atoms with E-state index in [0.29, 0.717) is 18.9 Å². The van der Waals surface area contributed by atoms with Crippen LogP contribution >= 0.6 is 11.3 Å². The number of likely N-dealkylation sites (tertiary alicyclic amines) is 1. The molecular weight excluding hydrogens is 284 g/mol. The Morgan fingerprint density at radius 3 is 3.00 bits per heavy atom. The molecule has 0 bridgehead atoms. The molecule has 21 heavy (non-hydrogen) atoms. The van der Waals surface area contributed by atoms with Gasteiger partial charge >= 0.3 is 0 Å². The molecule has 3 heterocycles. The molecule has 1 unspecified atom stereocenters. The second-order valence-electron chi connectivity index (χ2n) is 5.41. The van der Waals surface area contributed by atoms with Gasteiger partial charge in [-0.05, 0) is 24.3 Å². The van der Waals surface area contributed by atoms with E-state index in [4.69, 9.17) is 0 Å². The van der Waals surface area contributed by atoms with Crippen LogP contribution in [0.4, 0.5) is 5.82 Å². The lowest BCUT2D eigenvalue weighted by Gasteiger charge is -2.16. The van der Waals surface area contributed by atoms with E-state index in [2.05, 4.69) is 29.1 Å². The van der Waals surface area contributed by atoms with E-state index in [-0.39, 0.29) is 5.91 Å². The summed E-state index contributed by atoms with van der Waals surface area (Å²) in [6.07, 6.45) is 1.72. The second kappa shape index (κ2) is 5.97. The van der Waals surface area contributed by atoms with Crippen LogP contribution in [0.3, 0.4) is 0 Å². The van der Waals surface area contributed by atoms with E-state index in [0.717, 1.165) is 41.4 Å². The summed E-state index contributed by atoms with van der Waals surface area (Å²) in [5, 5.41) is 6.37. The molecule has 2 aromatic heterocycles. The summed E-state index contributed by atoms with van der Waals surface area (Å²) in [5.74, 6) is 2.31. The van der Waals surface area contributed by atoms with Crippen molar-refractivity contribution >= 4 is 33.3 Å². The van der Waals surface area contributed by atoms with E-state index >= 15 is 0 Å². The number of hydrogen-bond acceptors (Lipinski definition) is 5. The fourth-order valence-corrected chi connectivity index (χ4v) is 3.51. The summed E-state index contributed by atoms with van der Waals surface area (Å²) in [5.41, 5.74) is 0. The van der Waals surface area contributed by atoms with E-state index in [1.54, 1.807) is 11.3 Å². The Hall–Kier alpha value is -1.69. The zero-order valence-corrected chi connectivity index (χ0v) is 13.2.